The highest BCUT2D eigenvalue weighted by Crippen LogP contribution is 2.27. The van der Waals surface area contributed by atoms with Crippen LogP contribution in [0.3, 0.4) is 0 Å². The summed E-state index contributed by atoms with van der Waals surface area (Å²) in [6.45, 7) is 4.27. The van der Waals surface area contributed by atoms with E-state index in [2.05, 4.69) is 10.6 Å². The second kappa shape index (κ2) is 7.20. The Bertz CT molecular complexity index is 572. The molecule has 0 fully saturated rings. The van der Waals surface area contributed by atoms with Gasteiger partial charge in [0.25, 0.3) is 5.69 Å². The first-order chi connectivity index (χ1) is 9.36. The molecule has 0 bridgehead atoms. The first-order valence-electron chi connectivity index (χ1n) is 6.29. The van der Waals surface area contributed by atoms with Gasteiger partial charge in [0.15, 0.2) is 9.84 Å². The fraction of sp³-hybridized carbons (Fsp3) is 0.500. The maximum Gasteiger partial charge on any atom is 0.293 e. The molecule has 0 unspecified atom stereocenters. The molecule has 0 atom stereocenters. The van der Waals surface area contributed by atoms with Crippen molar-refractivity contribution in [1.82, 2.24) is 5.32 Å². The second-order valence-corrected chi connectivity index (χ2v) is 6.36. The zero-order chi connectivity index (χ0) is 15.2. The molecule has 0 aliphatic rings. The minimum absolute atomic E-state index is 0.0533. The highest BCUT2D eigenvalue weighted by atomic mass is 32.2. The summed E-state index contributed by atoms with van der Waals surface area (Å²) in [5, 5.41) is 17.1. The largest absolute Gasteiger partial charge is 0.379 e. The van der Waals surface area contributed by atoms with E-state index in [-0.39, 0.29) is 10.6 Å². The van der Waals surface area contributed by atoms with Gasteiger partial charge in [-0.25, -0.2) is 8.42 Å². The van der Waals surface area contributed by atoms with Crippen molar-refractivity contribution in [2.75, 3.05) is 31.2 Å². The Kier molecular flexibility index (Phi) is 5.90. The van der Waals surface area contributed by atoms with Crippen LogP contribution in [-0.4, -0.2) is 39.2 Å². The van der Waals surface area contributed by atoms with Crippen LogP contribution >= 0.6 is 0 Å². The molecular formula is C12H19N3O4S. The minimum atomic E-state index is -3.45. The Morgan fingerprint density at radius 1 is 1.30 bits per heavy atom. The number of sulfone groups is 1. The molecule has 0 aliphatic heterocycles. The number of hydrogen-bond acceptors (Lipinski definition) is 6. The first kappa shape index (κ1) is 16.4. The number of benzene rings is 1. The summed E-state index contributed by atoms with van der Waals surface area (Å²) >= 11 is 0. The van der Waals surface area contributed by atoms with Crippen molar-refractivity contribution in [3.8, 4) is 0 Å². The van der Waals surface area contributed by atoms with E-state index in [4.69, 9.17) is 0 Å². The molecule has 7 nitrogen and oxygen atoms in total. The van der Waals surface area contributed by atoms with Gasteiger partial charge in [-0.3, -0.25) is 10.1 Å². The third-order valence-electron chi connectivity index (χ3n) is 2.69. The maximum atomic E-state index is 11.4. The van der Waals surface area contributed by atoms with Crippen molar-refractivity contribution in [3.05, 3.63) is 28.3 Å². The SMILES string of the molecule is CCNCCCNc1ccc(S(C)(=O)=O)cc1[N+](=O)[O-]. The van der Waals surface area contributed by atoms with E-state index < -0.39 is 14.8 Å². The van der Waals surface area contributed by atoms with Gasteiger partial charge in [0.05, 0.1) is 9.82 Å². The van der Waals surface area contributed by atoms with Crippen LogP contribution in [0.25, 0.3) is 0 Å². The summed E-state index contributed by atoms with van der Waals surface area (Å²) in [6.07, 6.45) is 1.84. The van der Waals surface area contributed by atoms with Crippen LogP contribution in [0, 0.1) is 10.1 Å². The monoisotopic (exact) mass is 301 g/mol. The van der Waals surface area contributed by atoms with E-state index in [1.165, 1.54) is 12.1 Å². The van der Waals surface area contributed by atoms with Crippen molar-refractivity contribution >= 4 is 21.2 Å². The number of nitrogens with zero attached hydrogens (tertiary/aromatic N) is 1. The summed E-state index contributed by atoms with van der Waals surface area (Å²) in [4.78, 5) is 10.4. The molecule has 0 aliphatic carbocycles. The molecule has 0 amide bonds. The average Bonchev–Trinajstić information content (AvgIpc) is 2.37. The van der Waals surface area contributed by atoms with E-state index in [1.54, 1.807) is 0 Å². The Labute approximate surface area is 118 Å². The van der Waals surface area contributed by atoms with Crippen LogP contribution in [0.5, 0.6) is 0 Å². The molecule has 112 valence electrons. The standard InChI is InChI=1S/C12H19N3O4S/c1-3-13-7-4-8-14-11-6-5-10(20(2,18)19)9-12(11)15(16)17/h5-6,9,13-14H,3-4,7-8H2,1-2H3. The number of rotatable bonds is 8. The Morgan fingerprint density at radius 3 is 2.55 bits per heavy atom. The summed E-state index contributed by atoms with van der Waals surface area (Å²) < 4.78 is 22.8. The Morgan fingerprint density at radius 2 is 2.00 bits per heavy atom. The molecule has 20 heavy (non-hydrogen) atoms. The van der Waals surface area contributed by atoms with Crippen molar-refractivity contribution in [3.63, 3.8) is 0 Å². The fourth-order valence-electron chi connectivity index (χ4n) is 1.66. The van der Waals surface area contributed by atoms with Crippen LogP contribution in [0.2, 0.25) is 0 Å². The van der Waals surface area contributed by atoms with Gasteiger partial charge in [-0.15, -0.1) is 0 Å². The molecule has 2 N–H and O–H groups in total. The predicted molar refractivity (Wildman–Crippen MR) is 77.9 cm³/mol. The highest BCUT2D eigenvalue weighted by molar-refractivity contribution is 7.90. The third kappa shape index (κ3) is 4.78. The van der Waals surface area contributed by atoms with Gasteiger partial charge in [0.1, 0.15) is 5.69 Å². The smallest absolute Gasteiger partial charge is 0.293 e. The molecule has 1 aromatic carbocycles. The molecule has 0 saturated carbocycles. The molecule has 8 heteroatoms. The lowest BCUT2D eigenvalue weighted by molar-refractivity contribution is -0.384. The molecule has 0 spiro atoms. The quantitative estimate of drug-likeness (QED) is 0.427. The number of anilines is 1. The molecule has 1 aromatic rings. The summed E-state index contributed by atoms with van der Waals surface area (Å²) in [5.41, 5.74) is 0.107. The van der Waals surface area contributed by atoms with Crippen molar-refractivity contribution in [2.24, 2.45) is 0 Å². The van der Waals surface area contributed by atoms with Gasteiger partial charge < -0.3 is 10.6 Å². The van der Waals surface area contributed by atoms with Crippen LogP contribution in [-0.2, 0) is 9.84 Å². The van der Waals surface area contributed by atoms with Crippen molar-refractivity contribution < 1.29 is 13.3 Å². The lowest BCUT2D eigenvalue weighted by Crippen LogP contribution is -2.17. The normalized spacial score (nSPS) is 11.3. The average molecular weight is 301 g/mol. The summed E-state index contributed by atoms with van der Waals surface area (Å²) in [6, 6.07) is 3.89. The molecule has 1 rings (SSSR count). The minimum Gasteiger partial charge on any atom is -0.379 e. The van der Waals surface area contributed by atoms with Gasteiger partial charge in [0.2, 0.25) is 0 Å². The van der Waals surface area contributed by atoms with Crippen molar-refractivity contribution in [2.45, 2.75) is 18.2 Å². The fourth-order valence-corrected chi connectivity index (χ4v) is 2.30. The molecular weight excluding hydrogens is 282 g/mol. The number of nitro groups is 1. The van der Waals surface area contributed by atoms with Gasteiger partial charge in [-0.05, 0) is 31.6 Å². The van der Waals surface area contributed by atoms with E-state index in [9.17, 15) is 18.5 Å². The van der Waals surface area contributed by atoms with Crippen LogP contribution in [0.1, 0.15) is 13.3 Å². The van der Waals surface area contributed by atoms with Crippen LogP contribution in [0.15, 0.2) is 23.1 Å². The zero-order valence-corrected chi connectivity index (χ0v) is 12.4. The summed E-state index contributed by atoms with van der Waals surface area (Å²) in [7, 11) is -3.45. The van der Waals surface area contributed by atoms with Gasteiger partial charge >= 0.3 is 0 Å². The lowest BCUT2D eigenvalue weighted by atomic mass is 10.2. The maximum absolute atomic E-state index is 11.4. The summed E-state index contributed by atoms with van der Waals surface area (Å²) in [5.74, 6) is 0. The van der Waals surface area contributed by atoms with Crippen LogP contribution in [0.4, 0.5) is 11.4 Å². The van der Waals surface area contributed by atoms with Crippen LogP contribution < -0.4 is 10.6 Å². The topological polar surface area (TPSA) is 101 Å². The van der Waals surface area contributed by atoms with Gasteiger partial charge in [-0.2, -0.15) is 0 Å². The number of nitrogens with one attached hydrogen (secondary N) is 2. The predicted octanol–water partition coefficient (Wildman–Crippen LogP) is 1.41. The van der Waals surface area contributed by atoms with Crippen molar-refractivity contribution in [1.29, 1.82) is 0 Å². The number of nitro benzene ring substituents is 1. The molecule has 0 heterocycles. The second-order valence-electron chi connectivity index (χ2n) is 4.34. The van der Waals surface area contributed by atoms with E-state index >= 15 is 0 Å². The van der Waals surface area contributed by atoms with Gasteiger partial charge in [-0.1, -0.05) is 6.92 Å². The molecule has 0 aromatic heterocycles. The van der Waals surface area contributed by atoms with E-state index in [0.29, 0.717) is 12.2 Å². The zero-order valence-electron chi connectivity index (χ0n) is 11.5. The first-order valence-corrected chi connectivity index (χ1v) is 8.18. The van der Waals surface area contributed by atoms with E-state index in [1.807, 2.05) is 6.92 Å². The molecule has 0 saturated heterocycles. The van der Waals surface area contributed by atoms with E-state index in [0.717, 1.165) is 31.8 Å². The lowest BCUT2D eigenvalue weighted by Gasteiger charge is -2.08. The van der Waals surface area contributed by atoms with Gasteiger partial charge in [0, 0.05) is 18.9 Å². The highest BCUT2D eigenvalue weighted by Gasteiger charge is 2.18. The Hall–Kier alpha value is -1.67. The Balaban J connectivity index is 2.83. The number of hydrogen-bond donors (Lipinski definition) is 2. The molecule has 0 radical (unpaired) electrons. The third-order valence-corrected chi connectivity index (χ3v) is 3.80.